The van der Waals surface area contributed by atoms with Crippen LogP contribution in [0, 0.1) is 0 Å². The average Bonchev–Trinajstić information content (AvgIpc) is 2.82. The van der Waals surface area contributed by atoms with Gasteiger partial charge < -0.3 is 15.0 Å². The molecule has 0 spiro atoms. The summed E-state index contributed by atoms with van der Waals surface area (Å²) in [6.07, 6.45) is 6.45. The Hall–Kier alpha value is -2.54. The van der Waals surface area contributed by atoms with Crippen LogP contribution in [-0.4, -0.2) is 52.2 Å². The molecule has 31 heavy (non-hydrogen) atoms. The minimum absolute atomic E-state index is 0.0131. The van der Waals surface area contributed by atoms with E-state index >= 15 is 0 Å². The number of amides is 2. The molecular weight excluding hydrogens is 416 g/mol. The molecule has 0 unspecified atom stereocenters. The molecule has 1 aromatic heterocycles. The molecule has 2 aliphatic heterocycles. The highest BCUT2D eigenvalue weighted by Crippen LogP contribution is 2.44. The van der Waals surface area contributed by atoms with Crippen molar-refractivity contribution in [2.45, 2.75) is 64.6 Å². The van der Waals surface area contributed by atoms with E-state index in [9.17, 15) is 9.59 Å². The van der Waals surface area contributed by atoms with Crippen LogP contribution >= 0.6 is 11.6 Å². The van der Waals surface area contributed by atoms with Crippen molar-refractivity contribution in [2.75, 3.05) is 23.3 Å². The van der Waals surface area contributed by atoms with Gasteiger partial charge in [0.15, 0.2) is 0 Å². The van der Waals surface area contributed by atoms with Crippen molar-refractivity contribution in [1.29, 1.82) is 0 Å². The van der Waals surface area contributed by atoms with Crippen LogP contribution in [0.1, 0.15) is 47.5 Å². The zero-order chi connectivity index (χ0) is 22.6. The first-order chi connectivity index (χ1) is 14.5. The monoisotopic (exact) mass is 444 g/mol. The zero-order valence-electron chi connectivity index (χ0n) is 18.7. The van der Waals surface area contributed by atoms with Gasteiger partial charge in [0, 0.05) is 23.7 Å². The number of hydrogen-bond acceptors (Lipinski definition) is 5. The van der Waals surface area contributed by atoms with Crippen LogP contribution in [0.15, 0.2) is 40.7 Å². The Morgan fingerprint density at radius 1 is 1.26 bits per heavy atom. The summed E-state index contributed by atoms with van der Waals surface area (Å²) in [6, 6.07) is 2.05. The summed E-state index contributed by atoms with van der Waals surface area (Å²) in [5.74, 6) is 0.0131. The van der Waals surface area contributed by atoms with Gasteiger partial charge >= 0.3 is 6.09 Å². The number of likely N-dealkylation sites (tertiary alicyclic amines) is 1. The highest BCUT2D eigenvalue weighted by atomic mass is 35.5. The minimum atomic E-state index is -0.504. The lowest BCUT2D eigenvalue weighted by Gasteiger charge is -2.40. The number of hydrogen-bond donors (Lipinski definition) is 1. The number of carbonyl (C=O) groups excluding carboxylic acids is 2. The maximum atomic E-state index is 13.2. The fourth-order valence-corrected chi connectivity index (χ4v) is 4.53. The van der Waals surface area contributed by atoms with Gasteiger partial charge in [-0.2, -0.15) is 0 Å². The number of allylic oxidation sites excluding steroid dienone is 1. The lowest BCUT2D eigenvalue weighted by atomic mass is 9.88. The topological polar surface area (TPSA) is 74.8 Å². The molecule has 8 heteroatoms. The van der Waals surface area contributed by atoms with Crippen LogP contribution in [0.2, 0.25) is 0 Å². The molecule has 0 radical (unpaired) electrons. The Morgan fingerprint density at radius 2 is 1.97 bits per heavy atom. The van der Waals surface area contributed by atoms with E-state index in [1.807, 2.05) is 46.8 Å². The number of nitrogens with zero attached hydrogens (tertiary/aromatic N) is 3. The summed E-state index contributed by atoms with van der Waals surface area (Å²) in [4.78, 5) is 33.1. The van der Waals surface area contributed by atoms with Crippen LogP contribution in [0.25, 0.3) is 0 Å². The Labute approximate surface area is 188 Å². The van der Waals surface area contributed by atoms with Gasteiger partial charge in [-0.15, -0.1) is 0 Å². The van der Waals surface area contributed by atoms with Gasteiger partial charge in [-0.05, 0) is 65.2 Å². The molecule has 3 heterocycles. The second kappa shape index (κ2) is 7.55. The molecule has 3 aliphatic rings. The van der Waals surface area contributed by atoms with E-state index in [1.54, 1.807) is 22.2 Å². The summed E-state index contributed by atoms with van der Waals surface area (Å²) in [5, 5.41) is 4.19. The van der Waals surface area contributed by atoms with E-state index in [1.165, 1.54) is 0 Å². The van der Waals surface area contributed by atoms with Crippen LogP contribution in [0.3, 0.4) is 0 Å². The molecule has 4 rings (SSSR count). The first-order valence-corrected chi connectivity index (χ1v) is 11.0. The maximum Gasteiger partial charge on any atom is 0.410 e. The van der Waals surface area contributed by atoms with Gasteiger partial charge in [-0.1, -0.05) is 11.6 Å². The molecule has 0 aromatic carbocycles. The molecule has 1 aliphatic carbocycles. The number of rotatable bonds is 3. The molecule has 1 fully saturated rings. The lowest BCUT2D eigenvalue weighted by Crippen LogP contribution is -2.57. The molecule has 166 valence electrons. The summed E-state index contributed by atoms with van der Waals surface area (Å²) < 4.78 is 5.40. The minimum Gasteiger partial charge on any atom is -0.444 e. The number of carbonyl (C=O) groups is 2. The van der Waals surface area contributed by atoms with Gasteiger partial charge in [0.2, 0.25) is 0 Å². The van der Waals surface area contributed by atoms with Crippen LogP contribution in [0.4, 0.5) is 16.2 Å². The van der Waals surface area contributed by atoms with Crippen LogP contribution in [0.5, 0.6) is 0 Å². The highest BCUT2D eigenvalue weighted by molar-refractivity contribution is 6.30. The van der Waals surface area contributed by atoms with E-state index in [4.69, 9.17) is 16.3 Å². The first kappa shape index (κ1) is 21.7. The Bertz CT molecular complexity index is 987. The Morgan fingerprint density at radius 3 is 2.65 bits per heavy atom. The van der Waals surface area contributed by atoms with E-state index in [0.717, 1.165) is 27.6 Å². The SMILES string of the molecule is CC(C)(C)OC(=O)N1CC(Nc2cncc(N3C(=O)C4=C(C=C(Cl)CC4)C3(C)C)c2)C1. The molecule has 1 saturated heterocycles. The second-order valence-corrected chi connectivity index (χ2v) is 10.3. The summed E-state index contributed by atoms with van der Waals surface area (Å²) in [5.41, 5.74) is 2.36. The number of halogens is 1. The number of nitrogens with one attached hydrogen (secondary N) is 1. The van der Waals surface area contributed by atoms with Gasteiger partial charge in [0.25, 0.3) is 5.91 Å². The quantitative estimate of drug-likeness (QED) is 0.745. The van der Waals surface area contributed by atoms with Crippen LogP contribution in [-0.2, 0) is 9.53 Å². The maximum absolute atomic E-state index is 13.2. The molecule has 1 N–H and O–H groups in total. The molecule has 0 bridgehead atoms. The van der Waals surface area contributed by atoms with Crippen molar-refractivity contribution < 1.29 is 14.3 Å². The van der Waals surface area contributed by atoms with Gasteiger partial charge in [0.1, 0.15) is 5.60 Å². The van der Waals surface area contributed by atoms with Crippen molar-refractivity contribution in [2.24, 2.45) is 0 Å². The van der Waals surface area contributed by atoms with Gasteiger partial charge in [-0.3, -0.25) is 14.7 Å². The molecular formula is C23H29ClN4O3. The molecule has 7 nitrogen and oxygen atoms in total. The lowest BCUT2D eigenvalue weighted by molar-refractivity contribution is -0.115. The van der Waals surface area contributed by atoms with Crippen molar-refractivity contribution in [3.05, 3.63) is 40.7 Å². The van der Waals surface area contributed by atoms with E-state index in [-0.39, 0.29) is 18.0 Å². The average molecular weight is 445 g/mol. The Kier molecular flexibility index (Phi) is 5.28. The first-order valence-electron chi connectivity index (χ1n) is 10.6. The zero-order valence-corrected chi connectivity index (χ0v) is 19.4. The molecule has 0 atom stereocenters. The van der Waals surface area contributed by atoms with E-state index < -0.39 is 11.1 Å². The van der Waals surface area contributed by atoms with Crippen molar-refractivity contribution in [3.63, 3.8) is 0 Å². The Balaban J connectivity index is 1.44. The van der Waals surface area contributed by atoms with Crippen molar-refractivity contribution in [3.8, 4) is 0 Å². The molecule has 2 amide bonds. The van der Waals surface area contributed by atoms with Gasteiger partial charge in [0.05, 0.1) is 35.3 Å². The molecule has 0 saturated carbocycles. The fourth-order valence-electron chi connectivity index (χ4n) is 4.32. The number of pyridine rings is 1. The third kappa shape index (κ3) is 4.15. The summed E-state index contributed by atoms with van der Waals surface area (Å²) in [6.45, 7) is 10.8. The smallest absolute Gasteiger partial charge is 0.410 e. The second-order valence-electron chi connectivity index (χ2n) is 9.84. The summed E-state index contributed by atoms with van der Waals surface area (Å²) in [7, 11) is 0. The summed E-state index contributed by atoms with van der Waals surface area (Å²) >= 11 is 6.26. The van der Waals surface area contributed by atoms with E-state index in [2.05, 4.69) is 10.3 Å². The number of anilines is 2. The normalized spacial score (nSPS) is 21.0. The third-order valence-corrected chi connectivity index (χ3v) is 6.10. The third-order valence-electron chi connectivity index (χ3n) is 5.81. The van der Waals surface area contributed by atoms with Crippen molar-refractivity contribution >= 4 is 35.0 Å². The number of ether oxygens (including phenoxy) is 1. The number of aromatic nitrogens is 1. The standard InChI is InChI=1S/C23H29ClN4O3/c1-22(2,3)31-21(30)27-12-16(13-27)26-15-9-17(11-25-10-15)28-20(29)18-7-6-14(24)8-19(18)23(28,4)5/h8-11,16,26H,6-7,12-13H2,1-5H3. The van der Waals surface area contributed by atoms with Gasteiger partial charge in [-0.25, -0.2) is 4.79 Å². The van der Waals surface area contributed by atoms with E-state index in [0.29, 0.717) is 25.9 Å². The van der Waals surface area contributed by atoms with Crippen molar-refractivity contribution in [1.82, 2.24) is 9.88 Å². The van der Waals surface area contributed by atoms with Crippen LogP contribution < -0.4 is 10.2 Å². The largest absolute Gasteiger partial charge is 0.444 e. The molecule has 1 aromatic rings. The predicted molar refractivity (Wildman–Crippen MR) is 121 cm³/mol. The highest BCUT2D eigenvalue weighted by Gasteiger charge is 2.46. The predicted octanol–water partition coefficient (Wildman–Crippen LogP) is 4.45. The fraction of sp³-hybridized carbons (Fsp3) is 0.522.